The van der Waals surface area contributed by atoms with Crippen molar-refractivity contribution in [1.29, 1.82) is 0 Å². The Kier molecular flexibility index (Phi) is 1.82. The van der Waals surface area contributed by atoms with E-state index < -0.39 is 0 Å². The fourth-order valence-electron chi connectivity index (χ4n) is 1.23. The molecule has 0 atom stereocenters. The van der Waals surface area contributed by atoms with Gasteiger partial charge < -0.3 is 0 Å². The lowest BCUT2D eigenvalue weighted by Gasteiger charge is -2.00. The van der Waals surface area contributed by atoms with E-state index in [1.165, 1.54) is 18.4 Å². The second-order valence-corrected chi connectivity index (χ2v) is 3.78. The largest absolute Gasteiger partial charge is 0.0843 e. The fraction of sp³-hybridized carbons (Fsp3) is 0.333. The third-order valence-electron chi connectivity index (χ3n) is 1.98. The van der Waals surface area contributed by atoms with E-state index in [1.54, 1.807) is 0 Å². The normalized spacial score (nSPS) is 16.9. The molecule has 1 saturated carbocycles. The van der Waals surface area contributed by atoms with Crippen molar-refractivity contribution >= 4 is 23.2 Å². The number of halogens is 2. The minimum atomic E-state index is 0.708. The van der Waals surface area contributed by atoms with Crippen LogP contribution in [0.1, 0.15) is 24.3 Å². The van der Waals surface area contributed by atoms with Gasteiger partial charge in [-0.15, -0.1) is 0 Å². The van der Waals surface area contributed by atoms with Crippen molar-refractivity contribution < 1.29 is 0 Å². The van der Waals surface area contributed by atoms with Crippen LogP contribution in [0.4, 0.5) is 0 Å². The van der Waals surface area contributed by atoms with Crippen molar-refractivity contribution in [3.8, 4) is 0 Å². The highest BCUT2D eigenvalue weighted by atomic mass is 35.5. The summed E-state index contributed by atoms with van der Waals surface area (Å²) in [6.07, 6.45) is 2.56. The minimum absolute atomic E-state index is 0.708. The van der Waals surface area contributed by atoms with Gasteiger partial charge >= 0.3 is 0 Å². The minimum Gasteiger partial charge on any atom is -0.0843 e. The quantitative estimate of drug-likeness (QED) is 0.625. The van der Waals surface area contributed by atoms with Crippen molar-refractivity contribution in [2.75, 3.05) is 0 Å². The van der Waals surface area contributed by atoms with Crippen molar-refractivity contribution in [1.82, 2.24) is 0 Å². The van der Waals surface area contributed by atoms with E-state index >= 15 is 0 Å². The lowest BCUT2D eigenvalue weighted by molar-refractivity contribution is 1.13. The Balaban J connectivity index is 2.39. The van der Waals surface area contributed by atoms with Crippen molar-refractivity contribution in [2.45, 2.75) is 18.8 Å². The van der Waals surface area contributed by atoms with Gasteiger partial charge in [0.25, 0.3) is 0 Å². The molecule has 0 spiro atoms. The van der Waals surface area contributed by atoms with Crippen LogP contribution in [0.2, 0.25) is 10.0 Å². The zero-order valence-electron chi connectivity index (χ0n) is 5.98. The molecule has 1 aliphatic carbocycles. The van der Waals surface area contributed by atoms with Gasteiger partial charge in [-0.3, -0.25) is 0 Å². The first-order chi connectivity index (χ1) is 5.27. The summed E-state index contributed by atoms with van der Waals surface area (Å²) in [5.41, 5.74) is 1.26. The second kappa shape index (κ2) is 2.69. The first kappa shape index (κ1) is 7.45. The summed E-state index contributed by atoms with van der Waals surface area (Å²) in [5.74, 6) is 0.708. The first-order valence-corrected chi connectivity index (χ1v) is 4.48. The molecular formula is C9H8Cl2. The maximum atomic E-state index is 5.98. The second-order valence-electron chi connectivity index (χ2n) is 2.94. The molecule has 11 heavy (non-hydrogen) atoms. The molecule has 0 radical (unpaired) electrons. The molecule has 1 aliphatic rings. The van der Waals surface area contributed by atoms with Gasteiger partial charge in [0, 0.05) is 10.0 Å². The zero-order chi connectivity index (χ0) is 7.84. The van der Waals surface area contributed by atoms with Crippen LogP contribution in [0, 0.1) is 0 Å². The van der Waals surface area contributed by atoms with Gasteiger partial charge in [-0.1, -0.05) is 29.3 Å². The molecule has 0 unspecified atom stereocenters. The van der Waals surface area contributed by atoms with Crippen molar-refractivity contribution in [3.05, 3.63) is 33.8 Å². The van der Waals surface area contributed by atoms with Gasteiger partial charge in [0.2, 0.25) is 0 Å². The molecule has 0 aromatic heterocycles. The van der Waals surface area contributed by atoms with Crippen molar-refractivity contribution in [3.63, 3.8) is 0 Å². The Morgan fingerprint density at radius 1 is 1.18 bits per heavy atom. The average Bonchev–Trinajstić information content (AvgIpc) is 2.70. The molecule has 0 N–H and O–H groups in total. The molecular weight excluding hydrogens is 179 g/mol. The molecule has 2 heteroatoms. The summed E-state index contributed by atoms with van der Waals surface area (Å²) in [6, 6.07) is 5.75. The van der Waals surface area contributed by atoms with Crippen LogP contribution in [0.5, 0.6) is 0 Å². The van der Waals surface area contributed by atoms with E-state index in [2.05, 4.69) is 0 Å². The number of rotatable bonds is 1. The van der Waals surface area contributed by atoms with E-state index in [4.69, 9.17) is 23.2 Å². The molecule has 0 aliphatic heterocycles. The Morgan fingerprint density at radius 2 is 1.91 bits per heavy atom. The molecule has 1 aromatic carbocycles. The third kappa shape index (κ3) is 1.52. The summed E-state index contributed by atoms with van der Waals surface area (Å²) >= 11 is 11.7. The maximum Gasteiger partial charge on any atom is 0.0455 e. The van der Waals surface area contributed by atoms with Gasteiger partial charge in [0.05, 0.1) is 0 Å². The third-order valence-corrected chi connectivity index (χ3v) is 2.54. The molecule has 58 valence electrons. The van der Waals surface area contributed by atoms with Gasteiger partial charge in [-0.2, -0.15) is 0 Å². The van der Waals surface area contributed by atoms with Crippen LogP contribution in [-0.2, 0) is 0 Å². The molecule has 2 rings (SSSR count). The van der Waals surface area contributed by atoms with E-state index in [0.717, 1.165) is 10.0 Å². The Morgan fingerprint density at radius 3 is 2.45 bits per heavy atom. The summed E-state index contributed by atoms with van der Waals surface area (Å²) in [7, 11) is 0. The predicted molar refractivity (Wildman–Crippen MR) is 48.4 cm³/mol. The van der Waals surface area contributed by atoms with Crippen LogP contribution >= 0.6 is 23.2 Å². The van der Waals surface area contributed by atoms with E-state index in [1.807, 2.05) is 18.2 Å². The molecule has 0 nitrogen and oxygen atoms in total. The lowest BCUT2D eigenvalue weighted by atomic mass is 10.1. The highest BCUT2D eigenvalue weighted by molar-refractivity contribution is 6.35. The maximum absolute atomic E-state index is 5.98. The van der Waals surface area contributed by atoms with Crippen molar-refractivity contribution in [2.24, 2.45) is 0 Å². The van der Waals surface area contributed by atoms with E-state index in [9.17, 15) is 0 Å². The molecule has 0 saturated heterocycles. The summed E-state index contributed by atoms with van der Waals surface area (Å²) < 4.78 is 0. The van der Waals surface area contributed by atoms with Crippen LogP contribution < -0.4 is 0 Å². The molecule has 0 amide bonds. The number of hydrogen-bond donors (Lipinski definition) is 0. The van der Waals surface area contributed by atoms with Crippen LogP contribution in [0.3, 0.4) is 0 Å². The topological polar surface area (TPSA) is 0 Å². The SMILES string of the molecule is Clc1ccc(C2CC2)c(Cl)c1. The Bertz CT molecular complexity index is 277. The summed E-state index contributed by atoms with van der Waals surface area (Å²) in [4.78, 5) is 0. The summed E-state index contributed by atoms with van der Waals surface area (Å²) in [5, 5.41) is 1.54. The Hall–Kier alpha value is -0.200. The first-order valence-electron chi connectivity index (χ1n) is 3.72. The smallest absolute Gasteiger partial charge is 0.0455 e. The van der Waals surface area contributed by atoms with E-state index in [0.29, 0.717) is 5.92 Å². The lowest BCUT2D eigenvalue weighted by Crippen LogP contribution is -1.79. The van der Waals surface area contributed by atoms with Gasteiger partial charge in [-0.05, 0) is 36.5 Å². The molecule has 0 bridgehead atoms. The number of benzene rings is 1. The van der Waals surface area contributed by atoms with Gasteiger partial charge in [-0.25, -0.2) is 0 Å². The zero-order valence-corrected chi connectivity index (χ0v) is 7.49. The van der Waals surface area contributed by atoms with Gasteiger partial charge in [0.1, 0.15) is 0 Å². The highest BCUT2D eigenvalue weighted by Crippen LogP contribution is 2.43. The predicted octanol–water partition coefficient (Wildman–Crippen LogP) is 3.87. The Labute approximate surface area is 76.1 Å². The molecule has 1 aromatic rings. The van der Waals surface area contributed by atoms with E-state index in [-0.39, 0.29) is 0 Å². The standard InChI is InChI=1S/C9H8Cl2/c10-7-3-4-8(6-1-2-6)9(11)5-7/h3-6H,1-2H2. The molecule has 1 fully saturated rings. The average molecular weight is 187 g/mol. The van der Waals surface area contributed by atoms with Crippen LogP contribution in [0.25, 0.3) is 0 Å². The monoisotopic (exact) mass is 186 g/mol. The molecule has 0 heterocycles. The van der Waals surface area contributed by atoms with Crippen LogP contribution in [0.15, 0.2) is 18.2 Å². The van der Waals surface area contributed by atoms with Gasteiger partial charge in [0.15, 0.2) is 0 Å². The highest BCUT2D eigenvalue weighted by Gasteiger charge is 2.25. The fourth-order valence-corrected chi connectivity index (χ4v) is 1.79. The van der Waals surface area contributed by atoms with Crippen LogP contribution in [-0.4, -0.2) is 0 Å². The summed E-state index contributed by atoms with van der Waals surface area (Å²) in [6.45, 7) is 0. The number of hydrogen-bond acceptors (Lipinski definition) is 0.